The first-order valence-electron chi connectivity index (χ1n) is 13.9. The van der Waals surface area contributed by atoms with Crippen LogP contribution in [0.15, 0.2) is 65.8 Å². The summed E-state index contributed by atoms with van der Waals surface area (Å²) in [6.07, 6.45) is 6.82. The molecule has 1 aliphatic carbocycles. The molecule has 4 aromatic rings. The summed E-state index contributed by atoms with van der Waals surface area (Å²) >= 11 is 0. The van der Waals surface area contributed by atoms with Crippen LogP contribution in [0.4, 0.5) is 11.4 Å². The molecule has 2 aromatic heterocycles. The predicted octanol–water partition coefficient (Wildman–Crippen LogP) is 4.53. The number of likely N-dealkylation sites (N-methyl/N-ethyl adjacent to an activating group) is 1. The van der Waals surface area contributed by atoms with Crippen molar-refractivity contribution in [3.8, 4) is 22.8 Å². The number of nitrogens with one attached hydrogen (secondary N) is 1. The van der Waals surface area contributed by atoms with Crippen molar-refractivity contribution in [2.45, 2.75) is 36.0 Å². The SMILES string of the molecule is CN(C)CCCOc1ncc(-c2ccc3ncc4c(c3c2)C2(CCC2)C(=O)N4C)cc1NS(=O)(=O)c1ccc(O)cc1. The number of phenolic OH excluding ortho intramolecular Hbond substituents is 1. The van der Waals surface area contributed by atoms with Crippen LogP contribution >= 0.6 is 0 Å². The van der Waals surface area contributed by atoms with Crippen LogP contribution in [0.25, 0.3) is 22.0 Å². The summed E-state index contributed by atoms with van der Waals surface area (Å²) in [6, 6.07) is 12.9. The molecule has 6 rings (SSSR count). The van der Waals surface area contributed by atoms with E-state index in [-0.39, 0.29) is 28.1 Å². The second kappa shape index (κ2) is 10.6. The highest BCUT2D eigenvalue weighted by molar-refractivity contribution is 7.92. The Hall–Kier alpha value is -4.22. The molecule has 1 amide bonds. The van der Waals surface area contributed by atoms with Gasteiger partial charge in [0.15, 0.2) is 0 Å². The topological polar surface area (TPSA) is 125 Å². The smallest absolute Gasteiger partial charge is 0.262 e. The van der Waals surface area contributed by atoms with E-state index in [1.165, 1.54) is 24.3 Å². The number of carbonyl (C=O) groups is 1. The maximum atomic E-state index is 13.3. The van der Waals surface area contributed by atoms with Crippen LogP contribution in [-0.2, 0) is 20.2 Å². The molecule has 2 aromatic carbocycles. The number of carbonyl (C=O) groups excluding carboxylic acids is 1. The number of rotatable bonds is 9. The zero-order chi connectivity index (χ0) is 29.6. The van der Waals surface area contributed by atoms with Gasteiger partial charge in [0.05, 0.1) is 34.3 Å². The average molecular weight is 588 g/mol. The van der Waals surface area contributed by atoms with Crippen LogP contribution in [-0.4, -0.2) is 68.6 Å². The number of aromatic hydroxyl groups is 1. The van der Waals surface area contributed by atoms with E-state index in [0.717, 1.165) is 59.9 Å². The molecule has 0 unspecified atom stereocenters. The molecule has 218 valence electrons. The number of benzene rings is 2. The number of pyridine rings is 2. The number of nitrogens with zero attached hydrogens (tertiary/aromatic N) is 4. The van der Waals surface area contributed by atoms with Crippen molar-refractivity contribution in [2.24, 2.45) is 0 Å². The summed E-state index contributed by atoms with van der Waals surface area (Å²) in [7, 11) is 1.74. The lowest BCUT2D eigenvalue weighted by molar-refractivity contribution is -0.125. The maximum absolute atomic E-state index is 13.3. The Morgan fingerprint density at radius 1 is 1.05 bits per heavy atom. The van der Waals surface area contributed by atoms with E-state index in [1.54, 1.807) is 30.4 Å². The van der Waals surface area contributed by atoms with Crippen molar-refractivity contribution in [2.75, 3.05) is 43.9 Å². The van der Waals surface area contributed by atoms with E-state index < -0.39 is 15.4 Å². The number of hydrogen-bond acceptors (Lipinski definition) is 8. The van der Waals surface area contributed by atoms with Crippen molar-refractivity contribution in [1.29, 1.82) is 0 Å². The molecule has 11 heteroatoms. The van der Waals surface area contributed by atoms with Crippen LogP contribution in [0.3, 0.4) is 0 Å². The number of hydrogen-bond donors (Lipinski definition) is 2. The molecule has 0 bridgehead atoms. The second-order valence-electron chi connectivity index (χ2n) is 11.2. The Balaban J connectivity index is 1.40. The van der Waals surface area contributed by atoms with E-state index in [9.17, 15) is 18.3 Å². The van der Waals surface area contributed by atoms with Gasteiger partial charge in [0, 0.05) is 36.3 Å². The lowest BCUT2D eigenvalue weighted by Crippen LogP contribution is -2.43. The largest absolute Gasteiger partial charge is 0.508 e. The lowest BCUT2D eigenvalue weighted by atomic mass is 9.64. The van der Waals surface area contributed by atoms with Crippen LogP contribution < -0.4 is 14.4 Å². The van der Waals surface area contributed by atoms with Gasteiger partial charge in [-0.25, -0.2) is 13.4 Å². The minimum Gasteiger partial charge on any atom is -0.508 e. The number of amides is 1. The summed E-state index contributed by atoms with van der Waals surface area (Å²) in [5, 5.41) is 10.5. The summed E-state index contributed by atoms with van der Waals surface area (Å²) in [5.41, 5.74) is 3.85. The molecule has 0 saturated heterocycles. The number of ether oxygens (including phenoxy) is 1. The Bertz CT molecular complexity index is 1790. The van der Waals surface area contributed by atoms with Crippen LogP contribution in [0.2, 0.25) is 0 Å². The van der Waals surface area contributed by atoms with E-state index in [0.29, 0.717) is 12.2 Å². The summed E-state index contributed by atoms with van der Waals surface area (Å²) in [6.45, 7) is 1.16. The average Bonchev–Trinajstić information content (AvgIpc) is 3.18. The first-order chi connectivity index (χ1) is 20.1. The molecule has 3 heterocycles. The third kappa shape index (κ3) is 4.82. The highest BCUT2D eigenvalue weighted by Crippen LogP contribution is 2.55. The summed E-state index contributed by atoms with van der Waals surface area (Å²) < 4.78 is 35.1. The molecule has 0 atom stereocenters. The molecule has 0 radical (unpaired) electrons. The van der Waals surface area contributed by atoms with Crippen LogP contribution in [0, 0.1) is 0 Å². The molecular formula is C31H33N5O5S. The van der Waals surface area contributed by atoms with Crippen LogP contribution in [0.5, 0.6) is 11.6 Å². The molecule has 1 aliphatic heterocycles. The van der Waals surface area contributed by atoms with Crippen molar-refractivity contribution < 1.29 is 23.1 Å². The molecule has 1 saturated carbocycles. The highest BCUT2D eigenvalue weighted by atomic mass is 32.2. The summed E-state index contributed by atoms with van der Waals surface area (Å²) in [4.78, 5) is 26.1. The van der Waals surface area contributed by atoms with Crippen molar-refractivity contribution in [3.63, 3.8) is 0 Å². The van der Waals surface area contributed by atoms with Crippen molar-refractivity contribution in [3.05, 3.63) is 66.5 Å². The molecule has 2 aliphatic rings. The minimum atomic E-state index is -4.00. The fourth-order valence-corrected chi connectivity index (χ4v) is 6.88. The normalized spacial score (nSPS) is 15.7. The molecular weight excluding hydrogens is 554 g/mol. The quantitative estimate of drug-likeness (QED) is 0.274. The van der Waals surface area contributed by atoms with Crippen molar-refractivity contribution in [1.82, 2.24) is 14.9 Å². The van der Waals surface area contributed by atoms with Gasteiger partial charge in [0.25, 0.3) is 10.0 Å². The van der Waals surface area contributed by atoms with E-state index in [4.69, 9.17) is 4.74 Å². The van der Waals surface area contributed by atoms with Gasteiger partial charge in [-0.05, 0) is 81.4 Å². The number of aromatic nitrogens is 2. The van der Waals surface area contributed by atoms with Gasteiger partial charge >= 0.3 is 0 Å². The van der Waals surface area contributed by atoms with Gasteiger partial charge in [-0.1, -0.05) is 12.5 Å². The zero-order valence-electron chi connectivity index (χ0n) is 23.8. The second-order valence-corrected chi connectivity index (χ2v) is 12.9. The standard InChI is InChI=1S/C31H33N5O5S/c1-35(2)14-5-15-41-29-26(34-42(39,40)23-9-7-22(37)8-10-23)17-21(18-33-29)20-6-11-25-24(16-20)28-27(19-32-25)36(3)30(38)31(28)12-4-13-31/h6-11,16-19,34,37H,4-5,12-15H2,1-3H3. The fraction of sp³-hybridized carbons (Fsp3) is 0.323. The number of fused-ring (bicyclic) bond motifs is 4. The summed E-state index contributed by atoms with van der Waals surface area (Å²) in [5.74, 6) is 0.257. The third-order valence-electron chi connectivity index (χ3n) is 8.17. The van der Waals surface area contributed by atoms with Gasteiger partial charge < -0.3 is 19.6 Å². The highest BCUT2D eigenvalue weighted by Gasteiger charge is 2.54. The molecule has 2 N–H and O–H groups in total. The maximum Gasteiger partial charge on any atom is 0.262 e. The first-order valence-corrected chi connectivity index (χ1v) is 15.4. The molecule has 10 nitrogen and oxygen atoms in total. The first kappa shape index (κ1) is 27.9. The van der Waals surface area contributed by atoms with Crippen molar-refractivity contribution >= 4 is 38.2 Å². The van der Waals surface area contributed by atoms with E-state index in [2.05, 4.69) is 14.7 Å². The fourth-order valence-electron chi connectivity index (χ4n) is 5.83. The third-order valence-corrected chi connectivity index (χ3v) is 9.55. The zero-order valence-corrected chi connectivity index (χ0v) is 24.6. The van der Waals surface area contributed by atoms with Crippen LogP contribution in [0.1, 0.15) is 31.2 Å². The molecule has 1 fully saturated rings. The Morgan fingerprint density at radius 2 is 1.81 bits per heavy atom. The van der Waals surface area contributed by atoms with Gasteiger partial charge in [0.1, 0.15) is 11.4 Å². The van der Waals surface area contributed by atoms with Gasteiger partial charge in [-0.2, -0.15) is 0 Å². The van der Waals surface area contributed by atoms with Gasteiger partial charge in [-0.15, -0.1) is 0 Å². The van der Waals surface area contributed by atoms with E-state index >= 15 is 0 Å². The predicted molar refractivity (Wildman–Crippen MR) is 161 cm³/mol. The number of anilines is 2. The molecule has 42 heavy (non-hydrogen) atoms. The Kier molecular flexibility index (Phi) is 7.02. The van der Waals surface area contributed by atoms with Gasteiger partial charge in [0.2, 0.25) is 11.8 Å². The Morgan fingerprint density at radius 3 is 2.50 bits per heavy atom. The monoisotopic (exact) mass is 587 g/mol. The number of sulfonamides is 1. The Labute approximate surface area is 245 Å². The van der Waals surface area contributed by atoms with Gasteiger partial charge in [-0.3, -0.25) is 14.5 Å². The lowest BCUT2D eigenvalue weighted by Gasteiger charge is -2.37. The minimum absolute atomic E-state index is 0.00353. The molecule has 1 spiro atoms. The number of phenols is 1. The van der Waals surface area contributed by atoms with E-state index in [1.807, 2.05) is 37.2 Å².